The van der Waals surface area contributed by atoms with Gasteiger partial charge in [-0.25, -0.2) is 12.7 Å². The molecule has 7 heteroatoms. The second-order valence-electron chi connectivity index (χ2n) is 4.55. The van der Waals surface area contributed by atoms with Gasteiger partial charge in [0.1, 0.15) is 4.90 Å². The quantitative estimate of drug-likeness (QED) is 0.674. The van der Waals surface area contributed by atoms with Crippen molar-refractivity contribution in [1.82, 2.24) is 4.31 Å². The third kappa shape index (κ3) is 4.07. The first-order chi connectivity index (χ1) is 9.95. The fourth-order valence-electron chi connectivity index (χ4n) is 1.86. The lowest BCUT2D eigenvalue weighted by atomic mass is 10.2. The van der Waals surface area contributed by atoms with Crippen LogP contribution in [0.4, 0.5) is 0 Å². The molecular formula is C14H15BrClNO2S2. The van der Waals surface area contributed by atoms with Gasteiger partial charge in [-0.1, -0.05) is 30.3 Å². The fraction of sp³-hybridized carbons (Fsp3) is 0.286. The molecule has 2 aromatic rings. The van der Waals surface area contributed by atoms with Gasteiger partial charge >= 0.3 is 0 Å². The molecule has 1 heterocycles. The Morgan fingerprint density at radius 3 is 2.52 bits per heavy atom. The van der Waals surface area contributed by atoms with Crippen molar-refractivity contribution in [3.8, 4) is 0 Å². The van der Waals surface area contributed by atoms with Crippen LogP contribution in [0.2, 0.25) is 0 Å². The van der Waals surface area contributed by atoms with Crippen LogP contribution in [0.15, 0.2) is 45.1 Å². The van der Waals surface area contributed by atoms with Crippen LogP contribution in [0.1, 0.15) is 10.4 Å². The number of alkyl halides is 1. The predicted molar refractivity (Wildman–Crippen MR) is 91.5 cm³/mol. The Morgan fingerprint density at radius 2 is 1.95 bits per heavy atom. The topological polar surface area (TPSA) is 37.4 Å². The summed E-state index contributed by atoms with van der Waals surface area (Å²) in [6.45, 7) is 0.435. The molecule has 114 valence electrons. The molecule has 0 N–H and O–H groups in total. The molecule has 0 unspecified atom stereocenters. The van der Waals surface area contributed by atoms with Gasteiger partial charge in [0.2, 0.25) is 10.0 Å². The van der Waals surface area contributed by atoms with Gasteiger partial charge in [0, 0.05) is 18.5 Å². The number of hydrogen-bond donors (Lipinski definition) is 0. The summed E-state index contributed by atoms with van der Waals surface area (Å²) in [4.78, 5) is 1.12. The lowest BCUT2D eigenvalue weighted by Crippen LogP contribution is -2.29. The summed E-state index contributed by atoms with van der Waals surface area (Å²) in [6.07, 6.45) is 0.681. The summed E-state index contributed by atoms with van der Waals surface area (Å²) in [7, 11) is -1.89. The molecule has 1 aromatic heterocycles. The number of thiophene rings is 1. The molecule has 0 aliphatic heterocycles. The van der Waals surface area contributed by atoms with Gasteiger partial charge < -0.3 is 0 Å². The Morgan fingerprint density at radius 1 is 1.29 bits per heavy atom. The van der Waals surface area contributed by atoms with Gasteiger partial charge in [-0.15, -0.1) is 22.9 Å². The average Bonchev–Trinajstić information content (AvgIpc) is 2.87. The van der Waals surface area contributed by atoms with Crippen molar-refractivity contribution in [1.29, 1.82) is 0 Å². The van der Waals surface area contributed by atoms with E-state index >= 15 is 0 Å². The van der Waals surface area contributed by atoms with Crippen LogP contribution in [0.5, 0.6) is 0 Å². The molecule has 0 saturated heterocycles. The number of nitrogens with zero attached hydrogens (tertiary/aromatic N) is 1. The Labute approximate surface area is 142 Å². The van der Waals surface area contributed by atoms with E-state index in [-0.39, 0.29) is 0 Å². The highest BCUT2D eigenvalue weighted by Crippen LogP contribution is 2.33. The summed E-state index contributed by atoms with van der Waals surface area (Å²) in [5, 5.41) is 0. The minimum atomic E-state index is -3.49. The maximum absolute atomic E-state index is 12.6. The molecule has 0 aliphatic rings. The highest BCUT2D eigenvalue weighted by molar-refractivity contribution is 9.11. The Bertz CT molecular complexity index is 701. The Hall–Kier alpha value is -0.400. The van der Waals surface area contributed by atoms with Crippen molar-refractivity contribution in [2.75, 3.05) is 13.6 Å². The Kier molecular flexibility index (Phi) is 5.85. The molecule has 3 nitrogen and oxygen atoms in total. The average molecular weight is 409 g/mol. The van der Waals surface area contributed by atoms with E-state index in [1.54, 1.807) is 13.1 Å². The van der Waals surface area contributed by atoms with Crippen LogP contribution >= 0.6 is 38.9 Å². The summed E-state index contributed by atoms with van der Waals surface area (Å²) in [5.41, 5.74) is 1.12. The van der Waals surface area contributed by atoms with E-state index < -0.39 is 10.0 Å². The molecule has 2 rings (SSSR count). The van der Waals surface area contributed by atoms with Gasteiger partial charge in [0.15, 0.2) is 0 Å². The minimum Gasteiger partial charge on any atom is -0.207 e. The second kappa shape index (κ2) is 7.24. The smallest absolute Gasteiger partial charge is 0.207 e. The fourth-order valence-corrected chi connectivity index (χ4v) is 5.75. The normalized spacial score (nSPS) is 12.0. The maximum atomic E-state index is 12.6. The molecule has 21 heavy (non-hydrogen) atoms. The highest BCUT2D eigenvalue weighted by Gasteiger charge is 2.25. The lowest BCUT2D eigenvalue weighted by Gasteiger charge is -2.16. The third-order valence-corrected chi connectivity index (χ3v) is 7.64. The van der Waals surface area contributed by atoms with Crippen LogP contribution in [-0.2, 0) is 22.3 Å². The first-order valence-corrected chi connectivity index (χ1v) is 9.88. The number of sulfonamides is 1. The van der Waals surface area contributed by atoms with Gasteiger partial charge in [-0.3, -0.25) is 0 Å². The molecule has 0 amide bonds. The molecule has 0 bridgehead atoms. The molecule has 1 aromatic carbocycles. The molecule has 0 radical (unpaired) electrons. The summed E-state index contributed by atoms with van der Waals surface area (Å²) in [6, 6.07) is 11.5. The molecule has 0 atom stereocenters. The molecule has 0 aliphatic carbocycles. The third-order valence-electron chi connectivity index (χ3n) is 3.08. The van der Waals surface area contributed by atoms with E-state index in [2.05, 4.69) is 15.9 Å². The van der Waals surface area contributed by atoms with Crippen molar-refractivity contribution in [2.24, 2.45) is 0 Å². The van der Waals surface area contributed by atoms with Crippen molar-refractivity contribution in [3.05, 3.63) is 50.6 Å². The number of rotatable bonds is 6. The largest absolute Gasteiger partial charge is 0.244 e. The zero-order valence-corrected chi connectivity index (χ0v) is 15.4. The number of halogens is 2. The van der Waals surface area contributed by atoms with Crippen LogP contribution in [0.25, 0.3) is 0 Å². The molecule has 0 spiro atoms. The van der Waals surface area contributed by atoms with Crippen LogP contribution in [-0.4, -0.2) is 26.3 Å². The summed E-state index contributed by atoms with van der Waals surface area (Å²) < 4.78 is 27.1. The van der Waals surface area contributed by atoms with Crippen LogP contribution < -0.4 is 0 Å². The van der Waals surface area contributed by atoms with Gasteiger partial charge in [-0.05, 0) is 34.0 Å². The predicted octanol–water partition coefficient (Wildman–Crippen LogP) is 4.11. The maximum Gasteiger partial charge on any atom is 0.244 e. The monoisotopic (exact) mass is 407 g/mol. The Balaban J connectivity index is 2.13. The lowest BCUT2D eigenvalue weighted by molar-refractivity contribution is 0.472. The zero-order chi connectivity index (χ0) is 15.5. The van der Waals surface area contributed by atoms with Gasteiger partial charge in [0.25, 0.3) is 0 Å². The van der Waals surface area contributed by atoms with Crippen molar-refractivity contribution in [3.63, 3.8) is 0 Å². The van der Waals surface area contributed by atoms with Crippen molar-refractivity contribution >= 4 is 48.9 Å². The minimum absolute atomic E-state index is 0.290. The molecule has 0 saturated carbocycles. The number of likely N-dealkylation sites (N-methyl/N-ethyl adjacent to an activating group) is 1. The van der Waals surface area contributed by atoms with E-state index in [1.807, 2.05) is 30.3 Å². The second-order valence-corrected chi connectivity index (χ2v) is 9.28. The highest BCUT2D eigenvalue weighted by atomic mass is 79.9. The van der Waals surface area contributed by atoms with Crippen LogP contribution in [0, 0.1) is 0 Å². The van der Waals surface area contributed by atoms with E-state index in [0.717, 1.165) is 10.4 Å². The number of benzene rings is 1. The van der Waals surface area contributed by atoms with Gasteiger partial charge in [0.05, 0.1) is 9.67 Å². The van der Waals surface area contributed by atoms with E-state index in [9.17, 15) is 8.42 Å². The van der Waals surface area contributed by atoms with E-state index in [4.69, 9.17) is 11.6 Å². The molecule has 0 fully saturated rings. The van der Waals surface area contributed by atoms with Gasteiger partial charge in [-0.2, -0.15) is 0 Å². The van der Waals surface area contributed by atoms with E-state index in [1.165, 1.54) is 15.6 Å². The van der Waals surface area contributed by atoms with E-state index in [0.29, 0.717) is 27.5 Å². The van der Waals surface area contributed by atoms with Crippen molar-refractivity contribution in [2.45, 2.75) is 17.2 Å². The first kappa shape index (κ1) is 17.0. The first-order valence-electron chi connectivity index (χ1n) is 6.29. The SMILES string of the molecule is CN(CCc1ccccc1)S(=O)(=O)c1cc(CCl)sc1Br. The summed E-state index contributed by atoms with van der Waals surface area (Å²) >= 11 is 10.4. The summed E-state index contributed by atoms with van der Waals surface area (Å²) in [5.74, 6) is 0.312. The van der Waals surface area contributed by atoms with Crippen LogP contribution in [0.3, 0.4) is 0 Å². The van der Waals surface area contributed by atoms with Crippen molar-refractivity contribution < 1.29 is 8.42 Å². The molecular weight excluding hydrogens is 394 g/mol. The zero-order valence-electron chi connectivity index (χ0n) is 11.4. The standard InChI is InChI=1S/C14H15BrClNO2S2/c1-17(8-7-11-5-3-2-4-6-11)21(18,19)13-9-12(10-16)20-14(13)15/h2-6,9H,7-8,10H2,1H3. The number of hydrogen-bond acceptors (Lipinski definition) is 3.